The lowest BCUT2D eigenvalue weighted by Crippen LogP contribution is -2.49. The number of carbonyl (C=O) groups is 1. The summed E-state index contributed by atoms with van der Waals surface area (Å²) in [6.07, 6.45) is -0.866. The number of piperazine rings is 1. The van der Waals surface area contributed by atoms with Gasteiger partial charge in [0.15, 0.2) is 0 Å². The molecule has 0 radical (unpaired) electrons. The van der Waals surface area contributed by atoms with E-state index in [9.17, 15) is 18.0 Å². The van der Waals surface area contributed by atoms with Crippen LogP contribution in [0.5, 0.6) is 0 Å². The van der Waals surface area contributed by atoms with Gasteiger partial charge in [0, 0.05) is 43.4 Å². The molecule has 2 unspecified atom stereocenters. The lowest BCUT2D eigenvalue weighted by Gasteiger charge is -2.38. The van der Waals surface area contributed by atoms with Crippen molar-refractivity contribution in [2.75, 3.05) is 36.8 Å². The van der Waals surface area contributed by atoms with Crippen LogP contribution in [0.4, 0.5) is 24.8 Å². The van der Waals surface area contributed by atoms with E-state index in [2.05, 4.69) is 26.4 Å². The maximum absolute atomic E-state index is 13.6. The molecule has 2 N–H and O–H groups in total. The van der Waals surface area contributed by atoms with Gasteiger partial charge in [0.2, 0.25) is 5.91 Å². The van der Waals surface area contributed by atoms with Crippen LogP contribution in [0.15, 0.2) is 31.1 Å². The number of halogens is 3. The Balaban J connectivity index is 1.62. The Kier molecular flexibility index (Phi) is 5.79. The molecule has 0 spiro atoms. The number of nitrogen functional groups attached to an aromatic ring is 1. The summed E-state index contributed by atoms with van der Waals surface area (Å²) in [5.74, 6) is 0.212. The standard InChI is InChI=1S/C22H25F3N6O/c1-3-19(32)30-6-8-31(9-7-30)21-15-10-13(2)14(11-17(15)27-12-28-21)20-16(22(23,24)25)4-5-18(26)29-20/h3-5,12-14H,1,6-11H2,2H3,(H2,26,29). The zero-order valence-electron chi connectivity index (χ0n) is 17.8. The second-order valence-corrected chi connectivity index (χ2v) is 8.30. The minimum absolute atomic E-state index is 0.0210. The Morgan fingerprint density at radius 3 is 2.56 bits per heavy atom. The Morgan fingerprint density at radius 2 is 1.91 bits per heavy atom. The third-order valence-electron chi connectivity index (χ3n) is 6.31. The van der Waals surface area contributed by atoms with Crippen LogP contribution in [0.1, 0.15) is 35.4 Å². The van der Waals surface area contributed by atoms with E-state index in [1.54, 1.807) is 4.90 Å². The molecule has 1 fully saturated rings. The summed E-state index contributed by atoms with van der Waals surface area (Å²) in [4.78, 5) is 28.7. The Labute approximate surface area is 184 Å². The third-order valence-corrected chi connectivity index (χ3v) is 6.31. The molecule has 3 heterocycles. The van der Waals surface area contributed by atoms with Crippen molar-refractivity contribution < 1.29 is 18.0 Å². The molecular weight excluding hydrogens is 421 g/mol. The number of nitrogens with zero attached hydrogens (tertiary/aromatic N) is 5. The van der Waals surface area contributed by atoms with Crippen molar-refractivity contribution in [2.45, 2.75) is 31.9 Å². The molecule has 1 aliphatic carbocycles. The highest BCUT2D eigenvalue weighted by Gasteiger charge is 2.40. The molecule has 7 nitrogen and oxygen atoms in total. The van der Waals surface area contributed by atoms with Gasteiger partial charge in [0.25, 0.3) is 0 Å². The second-order valence-electron chi connectivity index (χ2n) is 8.30. The van der Waals surface area contributed by atoms with Gasteiger partial charge in [-0.2, -0.15) is 13.2 Å². The highest BCUT2D eigenvalue weighted by atomic mass is 19.4. The SMILES string of the molecule is C=CC(=O)N1CCN(c2ncnc3c2CC(C)C(c2nc(N)ccc2C(F)(F)F)C3)CC1. The lowest BCUT2D eigenvalue weighted by atomic mass is 9.76. The fraction of sp³-hybridized carbons (Fsp3) is 0.455. The molecule has 2 aliphatic rings. The number of pyridine rings is 1. The van der Waals surface area contributed by atoms with Crippen molar-refractivity contribution in [3.8, 4) is 0 Å². The average molecular weight is 446 g/mol. The minimum atomic E-state index is -4.50. The van der Waals surface area contributed by atoms with Crippen LogP contribution in [0.25, 0.3) is 0 Å². The zero-order chi connectivity index (χ0) is 23.0. The van der Waals surface area contributed by atoms with Gasteiger partial charge in [-0.15, -0.1) is 0 Å². The van der Waals surface area contributed by atoms with Gasteiger partial charge in [-0.1, -0.05) is 13.5 Å². The van der Waals surface area contributed by atoms with E-state index in [4.69, 9.17) is 5.73 Å². The first-order valence-corrected chi connectivity index (χ1v) is 10.5. The second kappa shape index (κ2) is 8.40. The predicted molar refractivity (Wildman–Crippen MR) is 114 cm³/mol. The number of aromatic nitrogens is 3. The Morgan fingerprint density at radius 1 is 1.19 bits per heavy atom. The molecule has 10 heteroatoms. The fourth-order valence-corrected chi connectivity index (χ4v) is 4.62. The van der Waals surface area contributed by atoms with Crippen LogP contribution in [-0.2, 0) is 23.8 Å². The number of hydrogen-bond donors (Lipinski definition) is 1. The quantitative estimate of drug-likeness (QED) is 0.730. The number of rotatable bonds is 3. The maximum Gasteiger partial charge on any atom is 0.418 e. The smallest absolute Gasteiger partial charge is 0.384 e. The summed E-state index contributed by atoms with van der Waals surface area (Å²) >= 11 is 0. The van der Waals surface area contributed by atoms with Crippen LogP contribution in [0.3, 0.4) is 0 Å². The van der Waals surface area contributed by atoms with Gasteiger partial charge in [-0.25, -0.2) is 15.0 Å². The van der Waals surface area contributed by atoms with Gasteiger partial charge in [-0.3, -0.25) is 4.79 Å². The minimum Gasteiger partial charge on any atom is -0.384 e. The van der Waals surface area contributed by atoms with E-state index in [1.165, 1.54) is 18.5 Å². The van der Waals surface area contributed by atoms with Gasteiger partial charge in [-0.05, 0) is 37.0 Å². The molecular formula is C22H25F3N6O. The number of hydrogen-bond acceptors (Lipinski definition) is 6. The van der Waals surface area contributed by atoms with Crippen LogP contribution >= 0.6 is 0 Å². The van der Waals surface area contributed by atoms with Crippen LogP contribution in [-0.4, -0.2) is 51.9 Å². The summed E-state index contributed by atoms with van der Waals surface area (Å²) in [7, 11) is 0. The van der Waals surface area contributed by atoms with Gasteiger partial charge >= 0.3 is 6.18 Å². The molecule has 1 aliphatic heterocycles. The van der Waals surface area contributed by atoms with Crippen LogP contribution < -0.4 is 10.6 Å². The molecule has 2 atom stereocenters. The molecule has 1 saturated heterocycles. The molecule has 2 aromatic heterocycles. The van der Waals surface area contributed by atoms with E-state index < -0.39 is 17.7 Å². The number of alkyl halides is 3. The highest BCUT2D eigenvalue weighted by molar-refractivity contribution is 5.87. The largest absolute Gasteiger partial charge is 0.418 e. The summed E-state index contributed by atoms with van der Waals surface area (Å²) in [6.45, 7) is 7.82. The average Bonchev–Trinajstić information content (AvgIpc) is 2.77. The molecule has 4 rings (SSSR count). The number of fused-ring (bicyclic) bond motifs is 1. The van der Waals surface area contributed by atoms with E-state index in [1.807, 2.05) is 6.92 Å². The van der Waals surface area contributed by atoms with E-state index in [-0.39, 0.29) is 23.3 Å². The topological polar surface area (TPSA) is 88.2 Å². The monoisotopic (exact) mass is 446 g/mol. The number of anilines is 2. The number of amides is 1. The number of carbonyl (C=O) groups excluding carboxylic acids is 1. The van der Waals surface area contributed by atoms with Crippen molar-refractivity contribution >= 4 is 17.5 Å². The van der Waals surface area contributed by atoms with Crippen molar-refractivity contribution in [1.82, 2.24) is 19.9 Å². The van der Waals surface area contributed by atoms with E-state index >= 15 is 0 Å². The first-order chi connectivity index (χ1) is 15.2. The summed E-state index contributed by atoms with van der Waals surface area (Å²) < 4.78 is 40.9. The van der Waals surface area contributed by atoms with Crippen molar-refractivity contribution in [2.24, 2.45) is 5.92 Å². The zero-order valence-corrected chi connectivity index (χ0v) is 17.8. The first-order valence-electron chi connectivity index (χ1n) is 10.5. The lowest BCUT2D eigenvalue weighted by molar-refractivity contribution is -0.138. The molecule has 1 amide bonds. The highest BCUT2D eigenvalue weighted by Crippen LogP contribution is 2.43. The van der Waals surface area contributed by atoms with E-state index in [0.29, 0.717) is 39.0 Å². The molecule has 2 aromatic rings. The summed E-state index contributed by atoms with van der Waals surface area (Å²) in [5.41, 5.74) is 6.66. The predicted octanol–water partition coefficient (Wildman–Crippen LogP) is 2.83. The summed E-state index contributed by atoms with van der Waals surface area (Å²) in [5, 5.41) is 0. The van der Waals surface area contributed by atoms with Crippen molar-refractivity contribution in [3.05, 3.63) is 53.6 Å². The van der Waals surface area contributed by atoms with Gasteiger partial charge in [0.05, 0.1) is 11.3 Å². The fourth-order valence-electron chi connectivity index (χ4n) is 4.62. The van der Waals surface area contributed by atoms with Crippen molar-refractivity contribution in [1.29, 1.82) is 0 Å². The molecule has 0 bridgehead atoms. The molecule has 170 valence electrons. The van der Waals surface area contributed by atoms with E-state index in [0.717, 1.165) is 23.1 Å². The molecule has 0 aromatic carbocycles. The van der Waals surface area contributed by atoms with Crippen LogP contribution in [0, 0.1) is 5.92 Å². The first kappa shape index (κ1) is 22.0. The van der Waals surface area contributed by atoms with Gasteiger partial charge in [0.1, 0.15) is 18.0 Å². The van der Waals surface area contributed by atoms with Crippen LogP contribution in [0.2, 0.25) is 0 Å². The third kappa shape index (κ3) is 4.13. The Hall–Kier alpha value is -3.17. The Bertz CT molecular complexity index is 1030. The molecule has 32 heavy (non-hydrogen) atoms. The van der Waals surface area contributed by atoms with Gasteiger partial charge < -0.3 is 15.5 Å². The number of nitrogens with two attached hydrogens (primary N) is 1. The van der Waals surface area contributed by atoms with Crippen molar-refractivity contribution in [3.63, 3.8) is 0 Å². The summed E-state index contributed by atoms with van der Waals surface area (Å²) in [6, 6.07) is 2.19. The normalized spacial score (nSPS) is 21.2. The maximum atomic E-state index is 13.6. The molecule has 0 saturated carbocycles.